The Hall–Kier alpha value is -2.77. The summed E-state index contributed by atoms with van der Waals surface area (Å²) >= 11 is 7.13. The van der Waals surface area contributed by atoms with Crippen LogP contribution in [0.4, 0.5) is 10.8 Å². The van der Waals surface area contributed by atoms with Crippen LogP contribution >= 0.6 is 22.9 Å². The first kappa shape index (κ1) is 17.6. The van der Waals surface area contributed by atoms with Crippen molar-refractivity contribution < 1.29 is 9.59 Å². The zero-order valence-corrected chi connectivity index (χ0v) is 15.7. The van der Waals surface area contributed by atoms with E-state index in [0.717, 1.165) is 10.7 Å². The molecule has 2 aromatic carbocycles. The van der Waals surface area contributed by atoms with Crippen molar-refractivity contribution in [3.05, 3.63) is 70.2 Å². The molecule has 1 atom stereocenters. The van der Waals surface area contributed by atoms with Gasteiger partial charge in [0.1, 0.15) is 5.01 Å². The number of hydrogen-bond donors (Lipinski definition) is 1. The lowest BCUT2D eigenvalue weighted by Gasteiger charge is -2.15. The number of anilines is 2. The fraction of sp³-hybridized carbons (Fsp3) is 0.158. The summed E-state index contributed by atoms with van der Waals surface area (Å²) in [6, 6.07) is 16.2. The van der Waals surface area contributed by atoms with E-state index >= 15 is 0 Å². The van der Waals surface area contributed by atoms with E-state index in [1.165, 1.54) is 11.3 Å². The van der Waals surface area contributed by atoms with E-state index in [1.807, 2.05) is 30.3 Å². The summed E-state index contributed by atoms with van der Waals surface area (Å²) in [6.45, 7) is 0.558. The second-order valence-corrected chi connectivity index (χ2v) is 7.59. The minimum atomic E-state index is -0.275. The standard InChI is InChI=1S/C19H15ClN4O2S/c20-14-8-6-12(7-9-14)17(26)21-19-23-22-18(27-19)13-10-16(25)24(11-13)15-4-2-1-3-5-15/h1-9,13H,10-11H2,(H,21,23,26)/t13-/m0/s1. The van der Waals surface area contributed by atoms with Gasteiger partial charge in [0, 0.05) is 35.2 Å². The lowest BCUT2D eigenvalue weighted by atomic mass is 10.1. The SMILES string of the molecule is O=C(Nc1nnc([C@H]2CC(=O)N(c3ccccc3)C2)s1)c1ccc(Cl)cc1. The Morgan fingerprint density at radius 3 is 2.59 bits per heavy atom. The van der Waals surface area contributed by atoms with Gasteiger partial charge in [-0.05, 0) is 36.4 Å². The highest BCUT2D eigenvalue weighted by Gasteiger charge is 2.33. The van der Waals surface area contributed by atoms with Gasteiger partial charge < -0.3 is 4.90 Å². The molecule has 8 heteroatoms. The molecule has 27 heavy (non-hydrogen) atoms. The number of carbonyl (C=O) groups is 2. The van der Waals surface area contributed by atoms with Crippen LogP contribution in [0.5, 0.6) is 0 Å². The van der Waals surface area contributed by atoms with Crippen LogP contribution in [0.25, 0.3) is 0 Å². The zero-order chi connectivity index (χ0) is 18.8. The van der Waals surface area contributed by atoms with Crippen LogP contribution in [0.1, 0.15) is 27.7 Å². The highest BCUT2D eigenvalue weighted by Crippen LogP contribution is 2.34. The molecule has 0 saturated carbocycles. The van der Waals surface area contributed by atoms with Gasteiger partial charge in [-0.15, -0.1) is 10.2 Å². The molecule has 2 heterocycles. The van der Waals surface area contributed by atoms with Crippen LogP contribution in [0.2, 0.25) is 5.02 Å². The molecule has 0 unspecified atom stereocenters. The van der Waals surface area contributed by atoms with Crippen molar-refractivity contribution in [2.75, 3.05) is 16.8 Å². The minimum absolute atomic E-state index is 0.0311. The van der Waals surface area contributed by atoms with Gasteiger partial charge in [0.15, 0.2) is 0 Å². The first-order valence-electron chi connectivity index (χ1n) is 8.36. The summed E-state index contributed by atoms with van der Waals surface area (Å²) in [6.07, 6.45) is 0.384. The normalized spacial score (nSPS) is 16.6. The Bertz CT molecular complexity index is 975. The number of para-hydroxylation sites is 1. The van der Waals surface area contributed by atoms with E-state index in [1.54, 1.807) is 29.2 Å². The maximum absolute atomic E-state index is 12.4. The largest absolute Gasteiger partial charge is 0.312 e. The molecule has 1 saturated heterocycles. The number of amides is 2. The molecule has 1 N–H and O–H groups in total. The summed E-state index contributed by atoms with van der Waals surface area (Å²) in [5, 5.41) is 12.7. The van der Waals surface area contributed by atoms with Crippen molar-refractivity contribution in [1.82, 2.24) is 10.2 Å². The molecule has 6 nitrogen and oxygen atoms in total. The summed E-state index contributed by atoms with van der Waals surface area (Å²) in [7, 11) is 0. The van der Waals surface area contributed by atoms with Crippen LogP contribution in [0.3, 0.4) is 0 Å². The van der Waals surface area contributed by atoms with Gasteiger partial charge in [-0.3, -0.25) is 14.9 Å². The summed E-state index contributed by atoms with van der Waals surface area (Å²) < 4.78 is 0. The molecule has 1 aromatic heterocycles. The maximum atomic E-state index is 12.4. The smallest absolute Gasteiger partial charge is 0.257 e. The van der Waals surface area contributed by atoms with Gasteiger partial charge >= 0.3 is 0 Å². The van der Waals surface area contributed by atoms with Crippen molar-refractivity contribution in [3.63, 3.8) is 0 Å². The van der Waals surface area contributed by atoms with Gasteiger partial charge in [0.05, 0.1) is 0 Å². The quantitative estimate of drug-likeness (QED) is 0.721. The number of nitrogens with one attached hydrogen (secondary N) is 1. The molecule has 2 amide bonds. The second-order valence-electron chi connectivity index (χ2n) is 6.15. The molecular formula is C19H15ClN4O2S. The first-order valence-corrected chi connectivity index (χ1v) is 9.55. The summed E-state index contributed by atoms with van der Waals surface area (Å²) in [5.41, 5.74) is 1.37. The molecule has 0 spiro atoms. The molecule has 0 aliphatic carbocycles. The zero-order valence-electron chi connectivity index (χ0n) is 14.1. The third-order valence-corrected chi connectivity index (χ3v) is 5.56. The highest BCUT2D eigenvalue weighted by atomic mass is 35.5. The van der Waals surface area contributed by atoms with Crippen molar-refractivity contribution in [2.24, 2.45) is 0 Å². The van der Waals surface area contributed by atoms with Gasteiger partial charge in [-0.25, -0.2) is 0 Å². The van der Waals surface area contributed by atoms with Crippen LogP contribution in [0.15, 0.2) is 54.6 Å². The predicted octanol–water partition coefficient (Wildman–Crippen LogP) is 3.96. The van der Waals surface area contributed by atoms with E-state index in [9.17, 15) is 9.59 Å². The highest BCUT2D eigenvalue weighted by molar-refractivity contribution is 7.15. The minimum Gasteiger partial charge on any atom is -0.312 e. The number of rotatable bonds is 4. The van der Waals surface area contributed by atoms with Crippen molar-refractivity contribution in [1.29, 1.82) is 0 Å². The van der Waals surface area contributed by atoms with Crippen molar-refractivity contribution in [3.8, 4) is 0 Å². The number of halogens is 1. The van der Waals surface area contributed by atoms with E-state index in [-0.39, 0.29) is 17.7 Å². The van der Waals surface area contributed by atoms with Gasteiger partial charge in [0.25, 0.3) is 5.91 Å². The van der Waals surface area contributed by atoms with Crippen molar-refractivity contribution >= 4 is 45.6 Å². The van der Waals surface area contributed by atoms with E-state index in [0.29, 0.717) is 28.7 Å². The fourth-order valence-corrected chi connectivity index (χ4v) is 3.91. The van der Waals surface area contributed by atoms with E-state index in [2.05, 4.69) is 15.5 Å². The fourth-order valence-electron chi connectivity index (χ4n) is 2.95. The van der Waals surface area contributed by atoms with E-state index < -0.39 is 0 Å². The molecule has 1 aliphatic heterocycles. The van der Waals surface area contributed by atoms with Gasteiger partial charge in [-0.2, -0.15) is 0 Å². The first-order chi connectivity index (χ1) is 13.1. The lowest BCUT2D eigenvalue weighted by Crippen LogP contribution is -2.24. The summed E-state index contributed by atoms with van der Waals surface area (Å²) in [4.78, 5) is 26.4. The summed E-state index contributed by atoms with van der Waals surface area (Å²) in [5.74, 6) is -0.243. The molecule has 0 radical (unpaired) electrons. The van der Waals surface area contributed by atoms with Gasteiger partial charge in [-0.1, -0.05) is 41.1 Å². The number of benzene rings is 2. The Morgan fingerprint density at radius 2 is 1.85 bits per heavy atom. The molecule has 3 aromatic rings. The number of nitrogens with zero attached hydrogens (tertiary/aromatic N) is 3. The lowest BCUT2D eigenvalue weighted by molar-refractivity contribution is -0.117. The number of carbonyl (C=O) groups excluding carboxylic acids is 2. The Kier molecular flexibility index (Phi) is 4.87. The van der Waals surface area contributed by atoms with Crippen LogP contribution in [-0.4, -0.2) is 28.6 Å². The molecule has 136 valence electrons. The molecule has 4 rings (SSSR count). The Balaban J connectivity index is 1.44. The van der Waals surface area contributed by atoms with Crippen LogP contribution < -0.4 is 10.2 Å². The Morgan fingerprint density at radius 1 is 1.11 bits per heavy atom. The molecule has 1 fully saturated rings. The topological polar surface area (TPSA) is 75.2 Å². The van der Waals surface area contributed by atoms with Crippen molar-refractivity contribution in [2.45, 2.75) is 12.3 Å². The van der Waals surface area contributed by atoms with E-state index in [4.69, 9.17) is 11.6 Å². The molecule has 1 aliphatic rings. The molecule has 0 bridgehead atoms. The predicted molar refractivity (Wildman–Crippen MR) is 105 cm³/mol. The average Bonchev–Trinajstić information content (AvgIpc) is 3.29. The Labute approximate surface area is 164 Å². The molecular weight excluding hydrogens is 384 g/mol. The average molecular weight is 399 g/mol. The van der Waals surface area contributed by atoms with Gasteiger partial charge in [0.2, 0.25) is 11.0 Å². The number of hydrogen-bond acceptors (Lipinski definition) is 5. The number of aromatic nitrogens is 2. The third kappa shape index (κ3) is 3.84. The van der Waals surface area contributed by atoms with Crippen LogP contribution in [0, 0.1) is 0 Å². The maximum Gasteiger partial charge on any atom is 0.257 e. The third-order valence-electron chi connectivity index (χ3n) is 4.31. The second kappa shape index (κ2) is 7.46. The monoisotopic (exact) mass is 398 g/mol. The van der Waals surface area contributed by atoms with Crippen LogP contribution in [-0.2, 0) is 4.79 Å².